The Morgan fingerprint density at radius 1 is 0.613 bits per heavy atom. The first-order chi connectivity index (χ1) is 14.7. The van der Waals surface area contributed by atoms with Crippen LogP contribution in [0.25, 0.3) is 0 Å². The fraction of sp³-hybridized carbons (Fsp3) is 0.714. The number of unbranched alkanes of at least 4 members (excludes halogenated alkanes) is 2. The lowest BCUT2D eigenvalue weighted by Crippen LogP contribution is -1.95. The summed E-state index contributed by atoms with van der Waals surface area (Å²) in [6.07, 6.45) is 17.4. The molecule has 0 amide bonds. The van der Waals surface area contributed by atoms with Gasteiger partial charge >= 0.3 is 0 Å². The molecule has 0 rings (SSSR count). The van der Waals surface area contributed by atoms with Crippen molar-refractivity contribution in [2.45, 2.75) is 107 Å². The lowest BCUT2D eigenvalue weighted by molar-refractivity contribution is 0.128. The summed E-state index contributed by atoms with van der Waals surface area (Å²) in [5, 5.41) is 17.1. The van der Waals surface area contributed by atoms with E-state index in [2.05, 4.69) is 67.5 Å². The van der Waals surface area contributed by atoms with Gasteiger partial charge < -0.3 is 14.9 Å². The van der Waals surface area contributed by atoms with E-state index in [0.717, 1.165) is 38.9 Å². The van der Waals surface area contributed by atoms with E-state index in [-0.39, 0.29) is 13.2 Å². The van der Waals surface area contributed by atoms with E-state index in [1.54, 1.807) is 0 Å². The Labute approximate surface area is 195 Å². The minimum atomic E-state index is 0.167. The average Bonchev–Trinajstić information content (AvgIpc) is 2.69. The highest BCUT2D eigenvalue weighted by molar-refractivity contribution is 5.02. The molecule has 0 bridgehead atoms. The van der Waals surface area contributed by atoms with Crippen LogP contribution in [0.2, 0.25) is 0 Å². The van der Waals surface area contributed by atoms with Crippen molar-refractivity contribution in [2.24, 2.45) is 0 Å². The maximum atomic E-state index is 8.55. The van der Waals surface area contributed by atoms with Crippen LogP contribution in [0.5, 0.6) is 0 Å². The maximum absolute atomic E-state index is 8.55. The standard InChI is InChI=1S/2C10H18O.C8H18O/c2*1-9(2)5-4-6-10(3)7-8-11;1-3-5-7-9-8-6-4-2/h2*5,7,11H,4,6,8H2,1-3H3;3-8H2,1-2H3. The SMILES string of the molecule is CC(C)=CCCC(C)=CCO.CC(C)=CCCC(C)=CCO.CCCCOCCCC. The van der Waals surface area contributed by atoms with Gasteiger partial charge in [0, 0.05) is 13.2 Å². The molecule has 2 N–H and O–H groups in total. The summed E-state index contributed by atoms with van der Waals surface area (Å²) >= 11 is 0. The van der Waals surface area contributed by atoms with Crippen molar-refractivity contribution in [1.82, 2.24) is 0 Å². The topological polar surface area (TPSA) is 49.7 Å². The Balaban J connectivity index is -0.000000382. The van der Waals surface area contributed by atoms with Crippen molar-refractivity contribution >= 4 is 0 Å². The largest absolute Gasteiger partial charge is 0.392 e. The summed E-state index contributed by atoms with van der Waals surface area (Å²) in [5.74, 6) is 0. The Morgan fingerprint density at radius 2 is 0.968 bits per heavy atom. The normalized spacial score (nSPS) is 11.0. The highest BCUT2D eigenvalue weighted by Crippen LogP contribution is 2.06. The first-order valence-corrected chi connectivity index (χ1v) is 12.1. The van der Waals surface area contributed by atoms with Crippen LogP contribution in [-0.2, 0) is 4.74 Å². The number of rotatable bonds is 14. The zero-order chi connectivity index (χ0) is 24.3. The van der Waals surface area contributed by atoms with E-state index in [1.807, 2.05) is 12.2 Å². The number of hydrogen-bond acceptors (Lipinski definition) is 3. The summed E-state index contributed by atoms with van der Waals surface area (Å²) in [7, 11) is 0. The smallest absolute Gasteiger partial charge is 0.0614 e. The molecule has 3 nitrogen and oxygen atoms in total. The fourth-order valence-corrected chi connectivity index (χ4v) is 2.29. The van der Waals surface area contributed by atoms with E-state index in [0.29, 0.717) is 0 Å². The number of aliphatic hydroxyl groups excluding tert-OH is 2. The number of aliphatic hydroxyl groups is 2. The van der Waals surface area contributed by atoms with Gasteiger partial charge in [0.25, 0.3) is 0 Å². The number of ether oxygens (including phenoxy) is 1. The molecule has 0 saturated carbocycles. The second-order valence-corrected chi connectivity index (χ2v) is 8.43. The third-order valence-electron chi connectivity index (χ3n) is 4.35. The van der Waals surface area contributed by atoms with Crippen LogP contribution in [0.15, 0.2) is 46.6 Å². The van der Waals surface area contributed by atoms with E-state index >= 15 is 0 Å². The Hall–Kier alpha value is -1.16. The first kappa shape index (κ1) is 34.5. The number of hydrogen-bond donors (Lipinski definition) is 2. The second kappa shape index (κ2) is 28.8. The van der Waals surface area contributed by atoms with E-state index in [4.69, 9.17) is 14.9 Å². The van der Waals surface area contributed by atoms with Crippen LogP contribution in [0.4, 0.5) is 0 Å². The highest BCUT2D eigenvalue weighted by Gasteiger charge is 1.87. The molecule has 0 atom stereocenters. The average molecular weight is 439 g/mol. The zero-order valence-electron chi connectivity index (χ0n) is 22.1. The van der Waals surface area contributed by atoms with Crippen LogP contribution in [0, 0.1) is 0 Å². The third kappa shape index (κ3) is 39.8. The lowest BCUT2D eigenvalue weighted by atomic mass is 10.1. The molecule has 0 aliphatic heterocycles. The molecule has 0 aromatic heterocycles. The molecular formula is C28H54O3. The second-order valence-electron chi connectivity index (χ2n) is 8.43. The van der Waals surface area contributed by atoms with Gasteiger partial charge in [-0.05, 0) is 80.1 Å². The predicted molar refractivity (Wildman–Crippen MR) is 140 cm³/mol. The fourth-order valence-electron chi connectivity index (χ4n) is 2.29. The molecule has 0 radical (unpaired) electrons. The van der Waals surface area contributed by atoms with Gasteiger partial charge in [-0.2, -0.15) is 0 Å². The molecule has 3 heteroatoms. The molecule has 184 valence electrons. The molecule has 0 unspecified atom stereocenters. The zero-order valence-corrected chi connectivity index (χ0v) is 22.1. The Morgan fingerprint density at radius 3 is 1.23 bits per heavy atom. The molecule has 0 aliphatic rings. The third-order valence-corrected chi connectivity index (χ3v) is 4.35. The summed E-state index contributed by atoms with van der Waals surface area (Å²) in [6, 6.07) is 0. The summed E-state index contributed by atoms with van der Waals surface area (Å²) < 4.78 is 5.31. The van der Waals surface area contributed by atoms with Gasteiger partial charge in [-0.3, -0.25) is 0 Å². The van der Waals surface area contributed by atoms with Gasteiger partial charge in [-0.25, -0.2) is 0 Å². The first-order valence-electron chi connectivity index (χ1n) is 12.1. The molecule has 31 heavy (non-hydrogen) atoms. The van der Waals surface area contributed by atoms with Crippen molar-refractivity contribution in [3.05, 3.63) is 46.6 Å². The maximum Gasteiger partial charge on any atom is 0.0614 e. The summed E-state index contributed by atoms with van der Waals surface area (Å²) in [5.41, 5.74) is 5.26. The molecule has 0 heterocycles. The van der Waals surface area contributed by atoms with Crippen molar-refractivity contribution < 1.29 is 14.9 Å². The van der Waals surface area contributed by atoms with Crippen LogP contribution >= 0.6 is 0 Å². The van der Waals surface area contributed by atoms with Crippen molar-refractivity contribution in [3.8, 4) is 0 Å². The Bertz CT molecular complexity index is 432. The van der Waals surface area contributed by atoms with Gasteiger partial charge in [0.05, 0.1) is 13.2 Å². The monoisotopic (exact) mass is 438 g/mol. The molecule has 0 spiro atoms. The predicted octanol–water partition coefficient (Wildman–Crippen LogP) is 7.95. The van der Waals surface area contributed by atoms with Crippen molar-refractivity contribution in [1.29, 1.82) is 0 Å². The van der Waals surface area contributed by atoms with E-state index in [1.165, 1.54) is 48.0 Å². The summed E-state index contributed by atoms with van der Waals surface area (Å²) in [4.78, 5) is 0. The van der Waals surface area contributed by atoms with Gasteiger partial charge in [-0.1, -0.05) is 73.3 Å². The van der Waals surface area contributed by atoms with Gasteiger partial charge in [0.1, 0.15) is 0 Å². The minimum absolute atomic E-state index is 0.167. The van der Waals surface area contributed by atoms with Crippen LogP contribution < -0.4 is 0 Å². The lowest BCUT2D eigenvalue weighted by Gasteiger charge is -1.99. The van der Waals surface area contributed by atoms with Crippen molar-refractivity contribution in [3.63, 3.8) is 0 Å². The van der Waals surface area contributed by atoms with Crippen LogP contribution in [0.1, 0.15) is 107 Å². The molecule has 0 fully saturated rings. The Kier molecular flexibility index (Phi) is 32.1. The quantitative estimate of drug-likeness (QED) is 0.214. The van der Waals surface area contributed by atoms with Gasteiger partial charge in [0.15, 0.2) is 0 Å². The van der Waals surface area contributed by atoms with E-state index in [9.17, 15) is 0 Å². The molecule has 0 aromatic rings. The summed E-state index contributed by atoms with van der Waals surface area (Å²) in [6.45, 7) is 19.1. The molecular weight excluding hydrogens is 384 g/mol. The molecule has 0 aliphatic carbocycles. The van der Waals surface area contributed by atoms with Crippen molar-refractivity contribution in [2.75, 3.05) is 26.4 Å². The van der Waals surface area contributed by atoms with Crippen LogP contribution in [0.3, 0.4) is 0 Å². The number of allylic oxidation sites excluding steroid dienone is 6. The van der Waals surface area contributed by atoms with E-state index < -0.39 is 0 Å². The van der Waals surface area contributed by atoms with Gasteiger partial charge in [-0.15, -0.1) is 0 Å². The van der Waals surface area contributed by atoms with Crippen LogP contribution in [-0.4, -0.2) is 36.6 Å². The molecule has 0 aromatic carbocycles. The minimum Gasteiger partial charge on any atom is -0.392 e. The highest BCUT2D eigenvalue weighted by atomic mass is 16.5. The van der Waals surface area contributed by atoms with Gasteiger partial charge in [0.2, 0.25) is 0 Å². The molecule has 0 saturated heterocycles.